The normalized spacial score (nSPS) is 13.8. The molecule has 0 saturated heterocycles. The van der Waals surface area contributed by atoms with E-state index in [2.05, 4.69) is 17.4 Å². The zero-order chi connectivity index (χ0) is 15.8. The minimum Gasteiger partial charge on any atom is -0.387 e. The standard InChI is InChI=1S/C19H25NO2/c1-15-7-6-10-17(11-15)19(21)13-20-18(14-22-2)12-16-8-4-3-5-9-16/h3-11,18-21H,12-14H2,1-2H3. The van der Waals surface area contributed by atoms with Crippen LogP contribution in [-0.2, 0) is 11.2 Å². The predicted octanol–water partition coefficient (Wildman–Crippen LogP) is 2.88. The Hall–Kier alpha value is -1.68. The zero-order valence-electron chi connectivity index (χ0n) is 13.3. The third kappa shape index (κ3) is 5.26. The van der Waals surface area contributed by atoms with Crippen molar-refractivity contribution in [3.8, 4) is 0 Å². The van der Waals surface area contributed by atoms with Crippen molar-refractivity contribution in [2.45, 2.75) is 25.5 Å². The van der Waals surface area contributed by atoms with Crippen LogP contribution < -0.4 is 5.32 Å². The van der Waals surface area contributed by atoms with E-state index in [0.717, 1.165) is 17.5 Å². The van der Waals surface area contributed by atoms with Gasteiger partial charge in [-0.3, -0.25) is 0 Å². The number of rotatable bonds is 8. The van der Waals surface area contributed by atoms with Crippen LogP contribution in [-0.4, -0.2) is 31.4 Å². The first-order chi connectivity index (χ1) is 10.7. The number of aliphatic hydroxyl groups is 1. The Morgan fingerprint density at radius 3 is 2.55 bits per heavy atom. The molecular formula is C19H25NO2. The van der Waals surface area contributed by atoms with Crippen molar-refractivity contribution >= 4 is 0 Å². The number of nitrogens with one attached hydrogen (secondary N) is 1. The third-order valence-electron chi connectivity index (χ3n) is 3.72. The fourth-order valence-electron chi connectivity index (χ4n) is 2.56. The molecular weight excluding hydrogens is 274 g/mol. The molecule has 2 atom stereocenters. The zero-order valence-corrected chi connectivity index (χ0v) is 13.3. The molecule has 0 aliphatic rings. The Labute approximate surface area is 133 Å². The molecule has 0 spiro atoms. The van der Waals surface area contributed by atoms with Crippen LogP contribution in [0.25, 0.3) is 0 Å². The molecule has 0 heterocycles. The highest BCUT2D eigenvalue weighted by Gasteiger charge is 2.13. The smallest absolute Gasteiger partial charge is 0.0914 e. The van der Waals surface area contributed by atoms with Crippen LogP contribution in [0.5, 0.6) is 0 Å². The Balaban J connectivity index is 1.91. The minimum absolute atomic E-state index is 0.187. The SMILES string of the molecule is COCC(Cc1ccccc1)NCC(O)c1cccc(C)c1. The number of benzene rings is 2. The number of aliphatic hydroxyl groups excluding tert-OH is 1. The molecule has 0 aliphatic heterocycles. The molecule has 0 aliphatic carbocycles. The molecule has 0 bridgehead atoms. The summed E-state index contributed by atoms with van der Waals surface area (Å²) in [6.07, 6.45) is 0.380. The lowest BCUT2D eigenvalue weighted by Gasteiger charge is -2.20. The van der Waals surface area contributed by atoms with Gasteiger partial charge in [-0.2, -0.15) is 0 Å². The number of hydrogen-bond acceptors (Lipinski definition) is 3. The van der Waals surface area contributed by atoms with Gasteiger partial charge in [0.1, 0.15) is 0 Å². The van der Waals surface area contributed by atoms with Crippen LogP contribution in [0.2, 0.25) is 0 Å². The van der Waals surface area contributed by atoms with Crippen LogP contribution in [0.1, 0.15) is 22.8 Å². The predicted molar refractivity (Wildman–Crippen MR) is 90.0 cm³/mol. The number of hydrogen-bond donors (Lipinski definition) is 2. The van der Waals surface area contributed by atoms with Gasteiger partial charge in [-0.15, -0.1) is 0 Å². The minimum atomic E-state index is -0.505. The van der Waals surface area contributed by atoms with Gasteiger partial charge in [0.05, 0.1) is 12.7 Å². The average molecular weight is 299 g/mol. The van der Waals surface area contributed by atoms with E-state index in [0.29, 0.717) is 13.2 Å². The Morgan fingerprint density at radius 1 is 1.09 bits per heavy atom. The van der Waals surface area contributed by atoms with Gasteiger partial charge in [-0.1, -0.05) is 60.2 Å². The van der Waals surface area contributed by atoms with E-state index in [9.17, 15) is 5.11 Å². The second kappa shape index (κ2) is 8.69. The van der Waals surface area contributed by atoms with Gasteiger partial charge >= 0.3 is 0 Å². The maximum atomic E-state index is 10.3. The monoisotopic (exact) mass is 299 g/mol. The van der Waals surface area contributed by atoms with Gasteiger partial charge in [0.2, 0.25) is 0 Å². The lowest BCUT2D eigenvalue weighted by atomic mass is 10.0. The topological polar surface area (TPSA) is 41.5 Å². The van der Waals surface area contributed by atoms with Crippen LogP contribution >= 0.6 is 0 Å². The van der Waals surface area contributed by atoms with Gasteiger partial charge in [0.15, 0.2) is 0 Å². The van der Waals surface area contributed by atoms with E-state index in [1.54, 1.807) is 7.11 Å². The summed E-state index contributed by atoms with van der Waals surface area (Å²) in [7, 11) is 1.71. The Morgan fingerprint density at radius 2 is 1.86 bits per heavy atom. The van der Waals surface area contributed by atoms with Crippen molar-refractivity contribution in [1.82, 2.24) is 5.32 Å². The van der Waals surface area contributed by atoms with Crippen LogP contribution in [0.3, 0.4) is 0 Å². The summed E-state index contributed by atoms with van der Waals surface area (Å²) in [5.74, 6) is 0. The molecule has 0 fully saturated rings. The molecule has 2 N–H and O–H groups in total. The van der Waals surface area contributed by atoms with E-state index in [4.69, 9.17) is 4.74 Å². The summed E-state index contributed by atoms with van der Waals surface area (Å²) in [4.78, 5) is 0. The Kier molecular flexibility index (Phi) is 6.59. The molecule has 3 nitrogen and oxygen atoms in total. The lowest BCUT2D eigenvalue weighted by molar-refractivity contribution is 0.138. The average Bonchev–Trinajstić information content (AvgIpc) is 2.53. The highest BCUT2D eigenvalue weighted by Crippen LogP contribution is 2.14. The van der Waals surface area contributed by atoms with Gasteiger partial charge in [0, 0.05) is 19.7 Å². The maximum Gasteiger partial charge on any atom is 0.0914 e. The first-order valence-electron chi connectivity index (χ1n) is 7.70. The summed E-state index contributed by atoms with van der Waals surface area (Å²) < 4.78 is 5.29. The molecule has 3 heteroatoms. The van der Waals surface area contributed by atoms with E-state index in [1.807, 2.05) is 49.4 Å². The Bertz CT molecular complexity index is 556. The van der Waals surface area contributed by atoms with Crippen molar-refractivity contribution in [3.05, 3.63) is 71.3 Å². The molecule has 0 radical (unpaired) electrons. The summed E-state index contributed by atoms with van der Waals surface area (Å²) >= 11 is 0. The van der Waals surface area contributed by atoms with Crippen molar-refractivity contribution in [2.24, 2.45) is 0 Å². The van der Waals surface area contributed by atoms with Crippen molar-refractivity contribution < 1.29 is 9.84 Å². The molecule has 2 rings (SSSR count). The molecule has 0 aromatic heterocycles. The molecule has 2 aromatic carbocycles. The van der Waals surface area contributed by atoms with Gasteiger partial charge in [-0.05, 0) is 24.5 Å². The van der Waals surface area contributed by atoms with Crippen LogP contribution in [0.15, 0.2) is 54.6 Å². The second-order valence-electron chi connectivity index (χ2n) is 5.68. The molecule has 2 aromatic rings. The van der Waals surface area contributed by atoms with Gasteiger partial charge < -0.3 is 15.2 Å². The largest absolute Gasteiger partial charge is 0.387 e. The molecule has 0 saturated carbocycles. The molecule has 22 heavy (non-hydrogen) atoms. The summed E-state index contributed by atoms with van der Waals surface area (Å²) in [6.45, 7) is 3.17. The van der Waals surface area contributed by atoms with Crippen molar-refractivity contribution in [3.63, 3.8) is 0 Å². The van der Waals surface area contributed by atoms with E-state index in [-0.39, 0.29) is 6.04 Å². The molecule has 2 unspecified atom stereocenters. The third-order valence-corrected chi connectivity index (χ3v) is 3.72. The van der Waals surface area contributed by atoms with Crippen molar-refractivity contribution in [2.75, 3.05) is 20.3 Å². The lowest BCUT2D eigenvalue weighted by Crippen LogP contribution is -2.37. The van der Waals surface area contributed by atoms with E-state index in [1.165, 1.54) is 5.56 Å². The highest BCUT2D eigenvalue weighted by molar-refractivity contribution is 5.24. The van der Waals surface area contributed by atoms with Crippen LogP contribution in [0, 0.1) is 6.92 Å². The number of aryl methyl sites for hydroxylation is 1. The highest BCUT2D eigenvalue weighted by atomic mass is 16.5. The second-order valence-corrected chi connectivity index (χ2v) is 5.68. The number of methoxy groups -OCH3 is 1. The number of ether oxygens (including phenoxy) is 1. The van der Waals surface area contributed by atoms with E-state index >= 15 is 0 Å². The first-order valence-corrected chi connectivity index (χ1v) is 7.70. The summed E-state index contributed by atoms with van der Waals surface area (Å²) in [6, 6.07) is 18.5. The van der Waals surface area contributed by atoms with E-state index < -0.39 is 6.10 Å². The van der Waals surface area contributed by atoms with Gasteiger partial charge in [0.25, 0.3) is 0 Å². The van der Waals surface area contributed by atoms with Gasteiger partial charge in [-0.25, -0.2) is 0 Å². The molecule has 0 amide bonds. The fraction of sp³-hybridized carbons (Fsp3) is 0.368. The maximum absolute atomic E-state index is 10.3. The first kappa shape index (κ1) is 16.7. The molecule has 118 valence electrons. The fourth-order valence-corrected chi connectivity index (χ4v) is 2.56. The quantitative estimate of drug-likeness (QED) is 0.787. The summed E-state index contributed by atoms with van der Waals surface area (Å²) in [5.41, 5.74) is 3.37. The summed E-state index contributed by atoms with van der Waals surface area (Å²) in [5, 5.41) is 13.7. The van der Waals surface area contributed by atoms with Crippen LogP contribution in [0.4, 0.5) is 0 Å². The van der Waals surface area contributed by atoms with Crippen molar-refractivity contribution in [1.29, 1.82) is 0 Å².